The molecular formula is C18H22N4O3. The molecule has 1 fully saturated rings. The molecule has 3 heterocycles. The number of aryl methyl sites for hydroxylation is 1. The molecule has 1 aliphatic heterocycles. The van der Waals surface area contributed by atoms with Crippen LogP contribution >= 0.6 is 0 Å². The number of pyridine rings is 1. The van der Waals surface area contributed by atoms with Gasteiger partial charge in [-0.15, -0.1) is 0 Å². The van der Waals surface area contributed by atoms with Gasteiger partial charge in [0.15, 0.2) is 5.82 Å². The fourth-order valence-corrected chi connectivity index (χ4v) is 2.86. The van der Waals surface area contributed by atoms with Crippen molar-refractivity contribution in [1.29, 1.82) is 0 Å². The number of carbonyl (C=O) groups is 1. The molecule has 0 bridgehead atoms. The molecule has 3 rings (SSSR count). The van der Waals surface area contributed by atoms with Gasteiger partial charge in [0.25, 0.3) is 5.56 Å². The van der Waals surface area contributed by atoms with Crippen LogP contribution in [0.25, 0.3) is 11.5 Å². The summed E-state index contributed by atoms with van der Waals surface area (Å²) in [6, 6.07) is 5.39. The number of hydrogen-bond donors (Lipinski definition) is 2. The molecule has 1 atom stereocenters. The van der Waals surface area contributed by atoms with E-state index in [-0.39, 0.29) is 24.0 Å². The molecule has 2 aromatic heterocycles. The predicted octanol–water partition coefficient (Wildman–Crippen LogP) is 1.37. The molecule has 7 heteroatoms. The molecule has 0 spiro atoms. The van der Waals surface area contributed by atoms with E-state index in [4.69, 9.17) is 4.74 Å². The Morgan fingerprint density at radius 2 is 2.28 bits per heavy atom. The summed E-state index contributed by atoms with van der Waals surface area (Å²) in [5.74, 6) is 0.207. The second kappa shape index (κ2) is 8.02. The summed E-state index contributed by atoms with van der Waals surface area (Å²) < 4.78 is 5.59. The highest BCUT2D eigenvalue weighted by Crippen LogP contribution is 2.12. The monoisotopic (exact) mass is 342 g/mol. The van der Waals surface area contributed by atoms with Crippen LogP contribution in [-0.2, 0) is 16.0 Å². The number of hydrogen-bond acceptors (Lipinski definition) is 5. The van der Waals surface area contributed by atoms with Crippen LogP contribution in [0.5, 0.6) is 0 Å². The van der Waals surface area contributed by atoms with Crippen molar-refractivity contribution in [2.45, 2.75) is 38.7 Å². The van der Waals surface area contributed by atoms with Gasteiger partial charge >= 0.3 is 0 Å². The van der Waals surface area contributed by atoms with E-state index in [1.165, 1.54) is 0 Å². The van der Waals surface area contributed by atoms with Crippen LogP contribution in [0.1, 0.15) is 30.5 Å². The number of rotatable bonds is 5. The third kappa shape index (κ3) is 4.51. The molecule has 7 nitrogen and oxygen atoms in total. The van der Waals surface area contributed by atoms with Gasteiger partial charge in [-0.1, -0.05) is 6.07 Å². The van der Waals surface area contributed by atoms with E-state index < -0.39 is 0 Å². The maximum atomic E-state index is 12.3. The largest absolute Gasteiger partial charge is 0.376 e. The van der Waals surface area contributed by atoms with Gasteiger partial charge in [-0.2, -0.15) is 0 Å². The highest BCUT2D eigenvalue weighted by atomic mass is 16.5. The Bertz CT molecular complexity index is 783. The Labute approximate surface area is 145 Å². The third-order valence-corrected chi connectivity index (χ3v) is 4.27. The standard InChI is InChI=1S/C18H22N4O3/c1-12-14(10-16(23)20-11-13-6-3-5-9-25-13)18(24)22-17(21-12)15-7-2-4-8-19-15/h2,4,7-8,13H,3,5-6,9-11H2,1H3,(H,20,23)(H,21,22,24)/t13-/m0/s1. The third-order valence-electron chi connectivity index (χ3n) is 4.27. The normalized spacial score (nSPS) is 17.2. The van der Waals surface area contributed by atoms with Gasteiger partial charge in [0.05, 0.1) is 12.5 Å². The Hall–Kier alpha value is -2.54. The van der Waals surface area contributed by atoms with Crippen molar-refractivity contribution in [2.75, 3.05) is 13.2 Å². The maximum Gasteiger partial charge on any atom is 0.255 e. The number of amides is 1. The molecule has 1 saturated heterocycles. The molecule has 1 aliphatic rings. The minimum atomic E-state index is -0.308. The fourth-order valence-electron chi connectivity index (χ4n) is 2.86. The van der Waals surface area contributed by atoms with Crippen LogP contribution in [0, 0.1) is 6.92 Å². The maximum absolute atomic E-state index is 12.3. The van der Waals surface area contributed by atoms with E-state index in [0.717, 1.165) is 25.9 Å². The molecular weight excluding hydrogens is 320 g/mol. The zero-order valence-electron chi connectivity index (χ0n) is 14.2. The minimum absolute atomic E-state index is 0.00336. The first-order valence-corrected chi connectivity index (χ1v) is 8.53. The van der Waals surface area contributed by atoms with Crippen LogP contribution in [0.15, 0.2) is 29.2 Å². The summed E-state index contributed by atoms with van der Waals surface area (Å²) in [5, 5.41) is 2.84. The quantitative estimate of drug-likeness (QED) is 0.855. The number of nitrogens with zero attached hydrogens (tertiary/aromatic N) is 2. The van der Waals surface area contributed by atoms with E-state index in [1.54, 1.807) is 25.3 Å². The number of carbonyl (C=O) groups excluding carboxylic acids is 1. The molecule has 0 unspecified atom stereocenters. The molecule has 2 N–H and O–H groups in total. The molecule has 0 radical (unpaired) electrons. The van der Waals surface area contributed by atoms with Gasteiger partial charge in [-0.3, -0.25) is 14.6 Å². The molecule has 132 valence electrons. The first-order chi connectivity index (χ1) is 12.1. The first kappa shape index (κ1) is 17.3. The van der Waals surface area contributed by atoms with Crippen molar-refractivity contribution in [3.05, 3.63) is 46.0 Å². The zero-order chi connectivity index (χ0) is 17.6. The lowest BCUT2D eigenvalue weighted by Gasteiger charge is -2.22. The Balaban J connectivity index is 1.66. The fraction of sp³-hybridized carbons (Fsp3) is 0.444. The topological polar surface area (TPSA) is 97.0 Å². The van der Waals surface area contributed by atoms with Gasteiger partial charge in [0.1, 0.15) is 5.69 Å². The average Bonchev–Trinajstić information content (AvgIpc) is 2.64. The summed E-state index contributed by atoms with van der Waals surface area (Å²) in [4.78, 5) is 35.8. The van der Waals surface area contributed by atoms with E-state index in [9.17, 15) is 9.59 Å². The summed E-state index contributed by atoms with van der Waals surface area (Å²) >= 11 is 0. The summed E-state index contributed by atoms with van der Waals surface area (Å²) in [5.41, 5.74) is 1.19. The van der Waals surface area contributed by atoms with Crippen molar-refractivity contribution < 1.29 is 9.53 Å². The molecule has 25 heavy (non-hydrogen) atoms. The van der Waals surface area contributed by atoms with Crippen molar-refractivity contribution in [2.24, 2.45) is 0 Å². The molecule has 0 saturated carbocycles. The molecule has 0 aromatic carbocycles. The average molecular weight is 342 g/mol. The van der Waals surface area contributed by atoms with Crippen molar-refractivity contribution in [3.8, 4) is 11.5 Å². The second-order valence-electron chi connectivity index (χ2n) is 6.16. The Kier molecular flexibility index (Phi) is 5.55. The molecule has 1 amide bonds. The molecule has 0 aliphatic carbocycles. The predicted molar refractivity (Wildman–Crippen MR) is 93.1 cm³/mol. The van der Waals surface area contributed by atoms with Crippen LogP contribution in [0.4, 0.5) is 0 Å². The van der Waals surface area contributed by atoms with Crippen LogP contribution in [-0.4, -0.2) is 40.1 Å². The lowest BCUT2D eigenvalue weighted by atomic mass is 10.1. The summed E-state index contributed by atoms with van der Waals surface area (Å²) in [7, 11) is 0. The smallest absolute Gasteiger partial charge is 0.255 e. The van der Waals surface area contributed by atoms with Gasteiger partial charge in [-0.05, 0) is 38.3 Å². The number of nitrogens with one attached hydrogen (secondary N) is 2. The Morgan fingerprint density at radius 1 is 1.40 bits per heavy atom. The first-order valence-electron chi connectivity index (χ1n) is 8.53. The van der Waals surface area contributed by atoms with Crippen LogP contribution in [0.3, 0.4) is 0 Å². The summed E-state index contributed by atoms with van der Waals surface area (Å²) in [6.07, 6.45) is 4.87. The van der Waals surface area contributed by atoms with E-state index in [2.05, 4.69) is 20.3 Å². The summed E-state index contributed by atoms with van der Waals surface area (Å²) in [6.45, 7) is 2.96. The highest BCUT2D eigenvalue weighted by molar-refractivity contribution is 5.78. The van der Waals surface area contributed by atoms with E-state index in [1.807, 2.05) is 6.07 Å². The van der Waals surface area contributed by atoms with Crippen molar-refractivity contribution in [1.82, 2.24) is 20.3 Å². The van der Waals surface area contributed by atoms with Gasteiger partial charge in [0.2, 0.25) is 5.91 Å². The Morgan fingerprint density at radius 3 is 2.96 bits per heavy atom. The van der Waals surface area contributed by atoms with E-state index in [0.29, 0.717) is 29.3 Å². The number of ether oxygens (including phenoxy) is 1. The van der Waals surface area contributed by atoms with Crippen molar-refractivity contribution >= 4 is 5.91 Å². The van der Waals surface area contributed by atoms with Gasteiger partial charge in [0, 0.05) is 30.6 Å². The van der Waals surface area contributed by atoms with Gasteiger partial charge < -0.3 is 15.0 Å². The zero-order valence-corrected chi connectivity index (χ0v) is 14.2. The van der Waals surface area contributed by atoms with Crippen LogP contribution < -0.4 is 10.9 Å². The number of aromatic amines is 1. The molecule has 2 aromatic rings. The lowest BCUT2D eigenvalue weighted by molar-refractivity contribution is -0.121. The van der Waals surface area contributed by atoms with Crippen LogP contribution in [0.2, 0.25) is 0 Å². The number of H-pyrrole nitrogens is 1. The lowest BCUT2D eigenvalue weighted by Crippen LogP contribution is -2.37. The highest BCUT2D eigenvalue weighted by Gasteiger charge is 2.17. The second-order valence-corrected chi connectivity index (χ2v) is 6.16. The SMILES string of the molecule is Cc1nc(-c2ccccn2)[nH]c(=O)c1CC(=O)NC[C@@H]1CCCCO1. The van der Waals surface area contributed by atoms with Gasteiger partial charge in [-0.25, -0.2) is 4.98 Å². The van der Waals surface area contributed by atoms with E-state index >= 15 is 0 Å². The minimum Gasteiger partial charge on any atom is -0.376 e. The van der Waals surface area contributed by atoms with Crippen molar-refractivity contribution in [3.63, 3.8) is 0 Å². The number of aromatic nitrogens is 3.